The predicted octanol–water partition coefficient (Wildman–Crippen LogP) is -0.271. The number of carbonyl (C=O) groups is 1. The lowest BCUT2D eigenvalue weighted by atomic mass is 9.99. The minimum absolute atomic E-state index is 0. The normalized spacial score (nSPS) is 11.0. The van der Waals surface area contributed by atoms with Gasteiger partial charge in [-0.3, -0.25) is 4.79 Å². The van der Waals surface area contributed by atoms with E-state index in [-0.39, 0.29) is 23.9 Å². The summed E-state index contributed by atoms with van der Waals surface area (Å²) in [6.07, 6.45) is 2.62. The highest BCUT2D eigenvalue weighted by molar-refractivity contribution is 5.96. The molecule has 0 atom stereocenters. The number of ketones is 1. The molecule has 1 rings (SSSR count). The maximum Gasteiger partial charge on any atom is 0.165 e. The van der Waals surface area contributed by atoms with Gasteiger partial charge in [0.1, 0.15) is 12.3 Å². The van der Waals surface area contributed by atoms with E-state index in [1.807, 2.05) is 0 Å². The number of phenols is 1. The maximum absolute atomic E-state index is 12.2. The van der Waals surface area contributed by atoms with Gasteiger partial charge in [-0.2, -0.15) is 0 Å². The van der Waals surface area contributed by atoms with Crippen LogP contribution in [-0.4, -0.2) is 56.3 Å². The fourth-order valence-corrected chi connectivity index (χ4v) is 2.07. The Hall–Kier alpha value is -1.36. The summed E-state index contributed by atoms with van der Waals surface area (Å²) in [5.74, 6) is 0.286. The molecule has 1 aromatic carbocycles. The Morgan fingerprint density at radius 3 is 2.52 bits per heavy atom. The zero-order valence-electron chi connectivity index (χ0n) is 14.6. The number of rotatable bonds is 9. The number of aromatic hydroxyl groups is 1. The minimum atomic E-state index is 0. The molecular weight excluding hydrogens is 314 g/mol. The molecule has 0 aromatic heterocycles. The number of benzene rings is 1. The molecule has 0 aliphatic carbocycles. The van der Waals surface area contributed by atoms with E-state index in [1.54, 1.807) is 25.1 Å². The van der Waals surface area contributed by atoms with Gasteiger partial charge in [-0.15, -0.1) is 6.58 Å². The van der Waals surface area contributed by atoms with Gasteiger partial charge in [0.15, 0.2) is 5.78 Å². The number of aryl methyl sites for hydroxylation is 1. The molecule has 1 N–H and O–H groups in total. The third-order valence-electron chi connectivity index (χ3n) is 3.45. The van der Waals surface area contributed by atoms with Crippen LogP contribution in [0, 0.1) is 6.92 Å². The molecule has 4 nitrogen and oxygen atoms in total. The van der Waals surface area contributed by atoms with Crippen LogP contribution in [0.5, 0.6) is 5.75 Å². The molecule has 0 saturated carbocycles. The van der Waals surface area contributed by atoms with Gasteiger partial charge < -0.3 is 26.7 Å². The van der Waals surface area contributed by atoms with Crippen molar-refractivity contribution in [3.8, 4) is 5.75 Å². The second-order valence-electron chi connectivity index (χ2n) is 6.59. The van der Waals surface area contributed by atoms with Crippen LogP contribution in [0.15, 0.2) is 24.8 Å². The van der Waals surface area contributed by atoms with Gasteiger partial charge in [-0.25, -0.2) is 0 Å². The van der Waals surface area contributed by atoms with Crippen molar-refractivity contribution in [3.05, 3.63) is 41.5 Å². The molecular formula is C18H28ClNO3. The fraction of sp³-hybridized carbons (Fsp3) is 0.500. The lowest BCUT2D eigenvalue weighted by Crippen LogP contribution is -3.00. The van der Waals surface area contributed by atoms with Gasteiger partial charge in [-0.1, -0.05) is 6.08 Å². The number of nitrogens with zero attached hydrogens (tertiary/aromatic N) is 1. The van der Waals surface area contributed by atoms with E-state index in [0.29, 0.717) is 37.2 Å². The lowest BCUT2D eigenvalue weighted by Gasteiger charge is -2.23. The zero-order valence-corrected chi connectivity index (χ0v) is 15.3. The zero-order chi connectivity index (χ0) is 16.8. The van der Waals surface area contributed by atoms with Gasteiger partial charge in [0.05, 0.1) is 34.4 Å². The average molecular weight is 342 g/mol. The standard InChI is InChI=1S/C18H27NO3.ClH/c1-6-7-15-13-16(12-14(2)18(15)21)17(20)8-10-22-11-9-19(3,4)5;/h6,12-13H,1,7-11H2,2-5H3;1H. The summed E-state index contributed by atoms with van der Waals surface area (Å²) < 4.78 is 6.37. The van der Waals surface area contributed by atoms with Gasteiger partial charge in [0, 0.05) is 12.0 Å². The summed E-state index contributed by atoms with van der Waals surface area (Å²) in [6.45, 7) is 7.46. The highest BCUT2D eigenvalue weighted by atomic mass is 35.5. The van der Waals surface area contributed by atoms with Crippen LogP contribution >= 0.6 is 0 Å². The summed E-state index contributed by atoms with van der Waals surface area (Å²) in [4.78, 5) is 12.2. The van der Waals surface area contributed by atoms with Gasteiger partial charge in [-0.05, 0) is 36.6 Å². The Kier molecular flexibility index (Phi) is 9.13. The first kappa shape index (κ1) is 21.6. The molecule has 130 valence electrons. The van der Waals surface area contributed by atoms with Crippen molar-refractivity contribution in [3.63, 3.8) is 0 Å². The highest BCUT2D eigenvalue weighted by Gasteiger charge is 2.12. The van der Waals surface area contributed by atoms with Crippen LogP contribution in [0.3, 0.4) is 0 Å². The molecule has 23 heavy (non-hydrogen) atoms. The Morgan fingerprint density at radius 1 is 1.30 bits per heavy atom. The van der Waals surface area contributed by atoms with E-state index < -0.39 is 0 Å². The molecule has 0 bridgehead atoms. The minimum Gasteiger partial charge on any atom is -1.00 e. The molecule has 0 heterocycles. The Balaban J connectivity index is 0.00000484. The van der Waals surface area contributed by atoms with Gasteiger partial charge in [0.25, 0.3) is 0 Å². The van der Waals surface area contributed by atoms with Crippen molar-refractivity contribution in [2.75, 3.05) is 40.9 Å². The number of ether oxygens (including phenoxy) is 1. The number of Topliss-reactive ketones (excluding diaryl/α,β-unsaturated/α-hetero) is 1. The summed E-state index contributed by atoms with van der Waals surface area (Å²) in [5.41, 5.74) is 2.08. The number of quaternary nitrogens is 1. The number of carbonyl (C=O) groups excluding carboxylic acids is 1. The molecule has 0 aliphatic heterocycles. The molecule has 0 unspecified atom stereocenters. The van der Waals surface area contributed by atoms with Gasteiger partial charge >= 0.3 is 0 Å². The third kappa shape index (κ3) is 7.64. The maximum atomic E-state index is 12.2. The number of halogens is 1. The van der Waals surface area contributed by atoms with Crippen molar-refractivity contribution >= 4 is 5.78 Å². The van der Waals surface area contributed by atoms with Gasteiger partial charge in [0.2, 0.25) is 0 Å². The molecule has 0 amide bonds. The molecule has 5 heteroatoms. The molecule has 0 aliphatic rings. The third-order valence-corrected chi connectivity index (χ3v) is 3.45. The van der Waals surface area contributed by atoms with E-state index in [0.717, 1.165) is 16.6 Å². The molecule has 1 aromatic rings. The molecule has 0 spiro atoms. The SMILES string of the molecule is C=CCc1cc(C(=O)CCOCC[N+](C)(C)C)cc(C)c1O.[Cl-]. The molecule has 0 radical (unpaired) electrons. The van der Waals surface area contributed by atoms with E-state index in [2.05, 4.69) is 27.7 Å². The summed E-state index contributed by atoms with van der Waals surface area (Å²) in [6, 6.07) is 3.48. The molecule has 0 fully saturated rings. The van der Waals surface area contributed by atoms with E-state index >= 15 is 0 Å². The Morgan fingerprint density at radius 2 is 1.96 bits per heavy atom. The van der Waals surface area contributed by atoms with Crippen LogP contribution in [0.2, 0.25) is 0 Å². The van der Waals surface area contributed by atoms with E-state index in [9.17, 15) is 9.90 Å². The topological polar surface area (TPSA) is 46.5 Å². The largest absolute Gasteiger partial charge is 1.00 e. The number of phenolic OH excluding ortho intramolecular Hbond substituents is 1. The van der Waals surface area contributed by atoms with Crippen LogP contribution in [0.25, 0.3) is 0 Å². The summed E-state index contributed by atoms with van der Waals surface area (Å²) in [5, 5.41) is 9.97. The summed E-state index contributed by atoms with van der Waals surface area (Å²) in [7, 11) is 6.32. The average Bonchev–Trinajstić information content (AvgIpc) is 2.42. The second-order valence-corrected chi connectivity index (χ2v) is 6.59. The predicted molar refractivity (Wildman–Crippen MR) is 89.4 cm³/mol. The monoisotopic (exact) mass is 341 g/mol. The number of allylic oxidation sites excluding steroid dienone is 1. The van der Waals surface area contributed by atoms with Crippen LogP contribution < -0.4 is 12.4 Å². The van der Waals surface area contributed by atoms with Crippen LogP contribution in [-0.2, 0) is 11.2 Å². The van der Waals surface area contributed by atoms with Crippen LogP contribution in [0.1, 0.15) is 27.9 Å². The summed E-state index contributed by atoms with van der Waals surface area (Å²) >= 11 is 0. The van der Waals surface area contributed by atoms with Crippen molar-refractivity contribution in [1.82, 2.24) is 0 Å². The Bertz CT molecular complexity index is 536. The van der Waals surface area contributed by atoms with Crippen molar-refractivity contribution in [2.24, 2.45) is 0 Å². The number of likely N-dealkylation sites (N-methyl/N-ethyl adjacent to an activating group) is 1. The van der Waals surface area contributed by atoms with E-state index in [4.69, 9.17) is 4.74 Å². The first-order chi connectivity index (χ1) is 10.2. The van der Waals surface area contributed by atoms with Crippen molar-refractivity contribution in [1.29, 1.82) is 0 Å². The van der Waals surface area contributed by atoms with Crippen molar-refractivity contribution < 1.29 is 31.5 Å². The number of hydrogen-bond acceptors (Lipinski definition) is 3. The molecule has 0 saturated heterocycles. The lowest BCUT2D eigenvalue weighted by molar-refractivity contribution is -0.870. The van der Waals surface area contributed by atoms with Crippen LogP contribution in [0.4, 0.5) is 0 Å². The fourth-order valence-electron chi connectivity index (χ4n) is 2.07. The highest BCUT2D eigenvalue weighted by Crippen LogP contribution is 2.25. The van der Waals surface area contributed by atoms with Crippen molar-refractivity contribution in [2.45, 2.75) is 19.8 Å². The Labute approximate surface area is 145 Å². The number of hydrogen-bond donors (Lipinski definition) is 1. The first-order valence-corrected chi connectivity index (χ1v) is 7.59. The second kappa shape index (κ2) is 9.71. The quantitative estimate of drug-likeness (QED) is 0.291. The first-order valence-electron chi connectivity index (χ1n) is 7.59. The smallest absolute Gasteiger partial charge is 0.165 e. The van der Waals surface area contributed by atoms with E-state index in [1.165, 1.54) is 0 Å².